The first-order chi connectivity index (χ1) is 14.4. The van der Waals surface area contributed by atoms with E-state index in [1.807, 2.05) is 0 Å². The van der Waals surface area contributed by atoms with Crippen molar-refractivity contribution >= 4 is 5.96 Å². The molecule has 2 aliphatic heterocycles. The van der Waals surface area contributed by atoms with Crippen LogP contribution in [-0.2, 0) is 14.2 Å². The molecule has 0 aliphatic carbocycles. The van der Waals surface area contributed by atoms with Gasteiger partial charge in [-0.2, -0.15) is 0 Å². The van der Waals surface area contributed by atoms with Crippen LogP contribution in [0.4, 0.5) is 0 Å². The lowest BCUT2D eigenvalue weighted by atomic mass is 9.94. The monoisotopic (exact) mass is 423 g/mol. The fourth-order valence-electron chi connectivity index (χ4n) is 3.84. The summed E-state index contributed by atoms with van der Waals surface area (Å²) in [6.45, 7) is 7.50. The van der Waals surface area contributed by atoms with Gasteiger partial charge in [0.05, 0.1) is 13.2 Å². The predicted molar refractivity (Wildman–Crippen MR) is 113 cm³/mol. The van der Waals surface area contributed by atoms with Gasteiger partial charge in [0.25, 0.3) is 5.56 Å². The number of aliphatic imine (C=N–C) groups is 1. The molecule has 3 unspecified atom stereocenters. The molecule has 0 spiro atoms. The molecular weight excluding hydrogens is 390 g/mol. The van der Waals surface area contributed by atoms with Crippen molar-refractivity contribution in [2.45, 2.75) is 70.4 Å². The van der Waals surface area contributed by atoms with E-state index < -0.39 is 35.2 Å². The number of aryl methyl sites for hydroxylation is 1. The maximum atomic E-state index is 12.6. The van der Waals surface area contributed by atoms with E-state index in [0.717, 1.165) is 25.7 Å². The van der Waals surface area contributed by atoms with Gasteiger partial charge >= 0.3 is 5.69 Å². The first kappa shape index (κ1) is 22.5. The molecule has 10 nitrogen and oxygen atoms in total. The Hall–Kier alpha value is -2.17. The van der Waals surface area contributed by atoms with Crippen LogP contribution in [0.1, 0.15) is 51.3 Å². The fraction of sp³-hybridized carbons (Fsp3) is 0.750. The van der Waals surface area contributed by atoms with Crippen LogP contribution in [0, 0.1) is 6.92 Å². The summed E-state index contributed by atoms with van der Waals surface area (Å²) in [6, 6.07) is -0.467. The molecule has 0 aromatic carbocycles. The lowest BCUT2D eigenvalue weighted by molar-refractivity contribution is -0.146. The minimum Gasteiger partial charge on any atom is -0.378 e. The van der Waals surface area contributed by atoms with E-state index in [1.54, 1.807) is 6.92 Å². The fourth-order valence-corrected chi connectivity index (χ4v) is 3.84. The second kappa shape index (κ2) is 9.76. The molecule has 3 heterocycles. The Morgan fingerprint density at radius 2 is 2.03 bits per heavy atom. The predicted octanol–water partition coefficient (Wildman–Crippen LogP) is 0.401. The highest BCUT2D eigenvalue weighted by atomic mass is 16.6. The molecule has 2 aliphatic rings. The molecule has 168 valence electrons. The summed E-state index contributed by atoms with van der Waals surface area (Å²) in [5.41, 5.74) is 4.60. The Morgan fingerprint density at radius 3 is 2.77 bits per heavy atom. The van der Waals surface area contributed by atoms with Gasteiger partial charge in [-0.3, -0.25) is 19.3 Å². The van der Waals surface area contributed by atoms with Gasteiger partial charge in [0.1, 0.15) is 17.7 Å². The van der Waals surface area contributed by atoms with Crippen molar-refractivity contribution in [1.82, 2.24) is 14.9 Å². The second-order valence-corrected chi connectivity index (χ2v) is 7.97. The summed E-state index contributed by atoms with van der Waals surface area (Å²) in [7, 11) is 0. The largest absolute Gasteiger partial charge is 0.378 e. The Labute approximate surface area is 175 Å². The van der Waals surface area contributed by atoms with Crippen LogP contribution in [0.3, 0.4) is 0 Å². The number of guanidine groups is 1. The number of rotatable bonds is 10. The maximum absolute atomic E-state index is 12.6. The Morgan fingerprint density at radius 1 is 1.30 bits per heavy atom. The summed E-state index contributed by atoms with van der Waals surface area (Å²) in [4.78, 5) is 31.1. The molecular formula is C20H33N5O5. The number of nitrogens with two attached hydrogens (primary N) is 1. The molecule has 4 atom stereocenters. The number of hydrogen-bond donors (Lipinski definition) is 3. The number of nitrogens with zero attached hydrogens (tertiary/aromatic N) is 2. The van der Waals surface area contributed by atoms with E-state index in [4.69, 9.17) is 19.9 Å². The number of H-pyrrole nitrogens is 1. The quantitative estimate of drug-likeness (QED) is 0.464. The van der Waals surface area contributed by atoms with E-state index in [-0.39, 0.29) is 19.1 Å². The van der Waals surface area contributed by atoms with Gasteiger partial charge < -0.3 is 25.3 Å². The van der Waals surface area contributed by atoms with Gasteiger partial charge in [0, 0.05) is 25.0 Å². The average molecular weight is 424 g/mol. The summed E-state index contributed by atoms with van der Waals surface area (Å²) in [5.74, 6) is 0.266. The first-order valence-corrected chi connectivity index (χ1v) is 10.7. The number of aromatic nitrogens is 2. The van der Waals surface area contributed by atoms with Crippen molar-refractivity contribution in [2.24, 2.45) is 10.7 Å². The molecule has 1 aromatic rings. The minimum absolute atomic E-state index is 0.249. The average Bonchev–Trinajstić information content (AvgIpc) is 2.92. The highest BCUT2D eigenvalue weighted by Crippen LogP contribution is 2.40. The molecule has 2 bridgehead atoms. The zero-order chi connectivity index (χ0) is 21.7. The Kier molecular flexibility index (Phi) is 7.32. The van der Waals surface area contributed by atoms with E-state index in [2.05, 4.69) is 29.1 Å². The molecule has 0 radical (unpaired) electrons. The minimum atomic E-state index is -0.894. The van der Waals surface area contributed by atoms with E-state index in [9.17, 15) is 9.59 Å². The van der Waals surface area contributed by atoms with Gasteiger partial charge in [-0.1, -0.05) is 26.7 Å². The zero-order valence-corrected chi connectivity index (χ0v) is 18.0. The Balaban J connectivity index is 1.98. The zero-order valence-electron chi connectivity index (χ0n) is 18.0. The molecule has 1 fully saturated rings. The van der Waals surface area contributed by atoms with Gasteiger partial charge in [0.15, 0.2) is 12.2 Å². The molecule has 3 rings (SSSR count). The standard InChI is InChI=1S/C20H33N5O5/c1-4-6-8-28-12-20-11-22-18(21)23-14(15(20)29-9-7-5-2)17(30-20)25-10-13(3)16(26)24-19(25)27/h10,14-15,17H,4-9,11-12H2,1-3H3,(H3,21,22,23)(H,24,26,27)/t14?,15?,17-,20?/m1/s1. The molecule has 10 heteroatoms. The van der Waals surface area contributed by atoms with Crippen molar-refractivity contribution in [3.63, 3.8) is 0 Å². The van der Waals surface area contributed by atoms with Gasteiger partial charge in [0.2, 0.25) is 0 Å². The van der Waals surface area contributed by atoms with Crippen LogP contribution in [0.5, 0.6) is 0 Å². The first-order valence-electron chi connectivity index (χ1n) is 10.7. The molecule has 1 aromatic heterocycles. The number of nitrogens with one attached hydrogen (secondary N) is 2. The van der Waals surface area contributed by atoms with Crippen LogP contribution in [0.2, 0.25) is 0 Å². The SMILES string of the molecule is CCCCOCC12CN=C(N)NC(C1OCCCC)[C@H](n1cc(C)c(=O)[nH]c1=O)O2. The maximum Gasteiger partial charge on any atom is 0.330 e. The second-order valence-electron chi connectivity index (χ2n) is 7.97. The van der Waals surface area contributed by atoms with Crippen molar-refractivity contribution in [2.75, 3.05) is 26.4 Å². The van der Waals surface area contributed by atoms with Crippen LogP contribution in [0.15, 0.2) is 20.8 Å². The smallest absolute Gasteiger partial charge is 0.330 e. The molecule has 0 saturated carbocycles. The number of unbranched alkanes of at least 4 members (excludes halogenated alkanes) is 2. The van der Waals surface area contributed by atoms with Crippen LogP contribution in [-0.4, -0.2) is 59.6 Å². The van der Waals surface area contributed by atoms with Crippen molar-refractivity contribution in [3.05, 3.63) is 32.6 Å². The molecule has 1 saturated heterocycles. The van der Waals surface area contributed by atoms with Gasteiger partial charge in [-0.05, 0) is 19.8 Å². The van der Waals surface area contributed by atoms with Crippen LogP contribution < -0.4 is 22.3 Å². The van der Waals surface area contributed by atoms with Crippen molar-refractivity contribution in [1.29, 1.82) is 0 Å². The summed E-state index contributed by atoms with van der Waals surface area (Å²) < 4.78 is 20.0. The lowest BCUT2D eigenvalue weighted by Crippen LogP contribution is -2.53. The summed E-state index contributed by atoms with van der Waals surface area (Å²) in [6.07, 6.45) is 4.19. The van der Waals surface area contributed by atoms with E-state index in [1.165, 1.54) is 10.8 Å². The van der Waals surface area contributed by atoms with Crippen molar-refractivity contribution < 1.29 is 14.2 Å². The number of aromatic amines is 1. The third kappa shape index (κ3) is 4.60. The summed E-state index contributed by atoms with van der Waals surface area (Å²) >= 11 is 0. The Bertz CT molecular complexity index is 866. The molecule has 4 N–H and O–H groups in total. The van der Waals surface area contributed by atoms with E-state index in [0.29, 0.717) is 18.8 Å². The lowest BCUT2D eigenvalue weighted by Gasteiger charge is -2.32. The van der Waals surface area contributed by atoms with Crippen LogP contribution in [0.25, 0.3) is 0 Å². The summed E-state index contributed by atoms with van der Waals surface area (Å²) in [5, 5.41) is 3.15. The highest BCUT2D eigenvalue weighted by molar-refractivity contribution is 5.78. The molecule has 30 heavy (non-hydrogen) atoms. The van der Waals surface area contributed by atoms with Gasteiger partial charge in [-0.25, -0.2) is 4.79 Å². The van der Waals surface area contributed by atoms with Crippen molar-refractivity contribution in [3.8, 4) is 0 Å². The normalized spacial score (nSPS) is 28.1. The third-order valence-corrected chi connectivity index (χ3v) is 5.54. The number of ether oxygens (including phenoxy) is 3. The van der Waals surface area contributed by atoms with Crippen LogP contribution >= 0.6 is 0 Å². The molecule has 0 amide bonds. The third-order valence-electron chi connectivity index (χ3n) is 5.54. The number of hydrogen-bond acceptors (Lipinski definition) is 8. The van der Waals surface area contributed by atoms with E-state index >= 15 is 0 Å². The highest BCUT2D eigenvalue weighted by Gasteiger charge is 2.58. The topological polar surface area (TPSA) is 133 Å². The van der Waals surface area contributed by atoms with Gasteiger partial charge in [-0.15, -0.1) is 0 Å². The number of fused-ring (bicyclic) bond motifs is 2.